The van der Waals surface area contributed by atoms with Crippen molar-refractivity contribution in [2.75, 3.05) is 20.1 Å². The fourth-order valence-electron chi connectivity index (χ4n) is 0.805. The number of amides is 1. The van der Waals surface area contributed by atoms with Crippen LogP contribution in [0.2, 0.25) is 0 Å². The topological polar surface area (TPSA) is 93.4 Å². The first-order valence-electron chi connectivity index (χ1n) is 4.56. The molecule has 1 atom stereocenters. The van der Waals surface area contributed by atoms with E-state index in [0.717, 1.165) is 0 Å². The van der Waals surface area contributed by atoms with Crippen LogP contribution < -0.4 is 5.32 Å². The minimum absolute atomic E-state index is 0.0323. The number of nitriles is 1. The number of carboxylic acid groups (broad SMARTS) is 1. The van der Waals surface area contributed by atoms with E-state index in [1.54, 1.807) is 7.05 Å². The van der Waals surface area contributed by atoms with E-state index in [1.165, 1.54) is 11.8 Å². The molecule has 6 heteroatoms. The van der Waals surface area contributed by atoms with Crippen LogP contribution in [0, 0.1) is 11.3 Å². The van der Waals surface area contributed by atoms with Crippen LogP contribution in [-0.4, -0.2) is 48.1 Å². The van der Waals surface area contributed by atoms with Crippen LogP contribution in [0.1, 0.15) is 13.3 Å². The zero-order chi connectivity index (χ0) is 11.8. The summed E-state index contributed by atoms with van der Waals surface area (Å²) in [5, 5.41) is 19.4. The van der Waals surface area contributed by atoms with Gasteiger partial charge in [0, 0.05) is 13.6 Å². The van der Waals surface area contributed by atoms with Crippen LogP contribution in [0.25, 0.3) is 0 Å². The van der Waals surface area contributed by atoms with Crippen LogP contribution >= 0.6 is 0 Å². The molecule has 1 amide bonds. The molecule has 1 unspecified atom stereocenters. The van der Waals surface area contributed by atoms with Crippen LogP contribution in [0.3, 0.4) is 0 Å². The lowest BCUT2D eigenvalue weighted by molar-refractivity contribution is -0.139. The van der Waals surface area contributed by atoms with Crippen molar-refractivity contribution in [3.63, 3.8) is 0 Å². The standard InChI is InChI=1S/C9H15N3O3/c1-7(9(14)15)11-6-8(13)12(2)5-3-4-10/h7,11H,3,5-6H2,1-2H3,(H,14,15). The minimum Gasteiger partial charge on any atom is -0.480 e. The fourth-order valence-corrected chi connectivity index (χ4v) is 0.805. The van der Waals surface area contributed by atoms with Crippen LogP contribution in [0.15, 0.2) is 0 Å². The molecule has 0 aliphatic rings. The zero-order valence-electron chi connectivity index (χ0n) is 8.86. The highest BCUT2D eigenvalue weighted by molar-refractivity contribution is 5.79. The van der Waals surface area contributed by atoms with Crippen LogP contribution in [-0.2, 0) is 9.59 Å². The number of hydrogen-bond donors (Lipinski definition) is 2. The Kier molecular flexibility index (Phi) is 6.06. The molecule has 0 heterocycles. The summed E-state index contributed by atoms with van der Waals surface area (Å²) in [6, 6.07) is 1.18. The Balaban J connectivity index is 3.83. The number of nitrogens with zero attached hydrogens (tertiary/aromatic N) is 2. The van der Waals surface area contributed by atoms with E-state index in [0.29, 0.717) is 6.54 Å². The Labute approximate surface area is 88.5 Å². The lowest BCUT2D eigenvalue weighted by Crippen LogP contribution is -2.42. The molecule has 0 aliphatic carbocycles. The van der Waals surface area contributed by atoms with Crippen molar-refractivity contribution in [3.8, 4) is 6.07 Å². The molecule has 6 nitrogen and oxygen atoms in total. The second-order valence-electron chi connectivity index (χ2n) is 3.16. The number of carbonyl (C=O) groups is 2. The first kappa shape index (κ1) is 13.4. The second kappa shape index (κ2) is 6.79. The molecule has 84 valence electrons. The number of aliphatic carboxylic acids is 1. The summed E-state index contributed by atoms with van der Waals surface area (Å²) in [5.74, 6) is -1.22. The maximum Gasteiger partial charge on any atom is 0.320 e. The van der Waals surface area contributed by atoms with Crippen LogP contribution in [0.4, 0.5) is 0 Å². The first-order valence-corrected chi connectivity index (χ1v) is 4.56. The third-order valence-electron chi connectivity index (χ3n) is 1.91. The van der Waals surface area contributed by atoms with E-state index in [9.17, 15) is 9.59 Å². The van der Waals surface area contributed by atoms with Crippen molar-refractivity contribution >= 4 is 11.9 Å². The van der Waals surface area contributed by atoms with Crippen LogP contribution in [0.5, 0.6) is 0 Å². The van der Waals surface area contributed by atoms with Gasteiger partial charge in [0.05, 0.1) is 19.0 Å². The molecule has 0 aliphatic heterocycles. The number of likely N-dealkylation sites (N-methyl/N-ethyl adjacent to an activating group) is 1. The summed E-state index contributed by atoms with van der Waals surface area (Å²) in [6.45, 7) is 1.79. The van der Waals surface area contributed by atoms with Gasteiger partial charge in [-0.05, 0) is 6.92 Å². The molecule has 0 aromatic heterocycles. The van der Waals surface area contributed by atoms with Crippen molar-refractivity contribution in [2.45, 2.75) is 19.4 Å². The first-order chi connectivity index (χ1) is 6.99. The van der Waals surface area contributed by atoms with Gasteiger partial charge in [-0.1, -0.05) is 0 Å². The molecule has 0 aromatic rings. The highest BCUT2D eigenvalue weighted by Crippen LogP contribution is 1.88. The van der Waals surface area contributed by atoms with Gasteiger partial charge in [0.2, 0.25) is 5.91 Å². The van der Waals surface area contributed by atoms with Crippen molar-refractivity contribution in [2.24, 2.45) is 0 Å². The van der Waals surface area contributed by atoms with Crippen molar-refractivity contribution in [1.29, 1.82) is 5.26 Å². The zero-order valence-corrected chi connectivity index (χ0v) is 8.86. The Morgan fingerprint density at radius 3 is 2.67 bits per heavy atom. The minimum atomic E-state index is -0.998. The number of hydrogen-bond acceptors (Lipinski definition) is 4. The molecule has 2 N–H and O–H groups in total. The third kappa shape index (κ3) is 5.65. The molecule has 0 rings (SSSR count). The lowest BCUT2D eigenvalue weighted by atomic mass is 10.3. The molecule has 0 saturated carbocycles. The molecule has 0 spiro atoms. The average molecular weight is 213 g/mol. The van der Waals surface area contributed by atoms with Crippen molar-refractivity contribution < 1.29 is 14.7 Å². The quantitative estimate of drug-likeness (QED) is 0.615. The molecular formula is C9H15N3O3. The highest BCUT2D eigenvalue weighted by atomic mass is 16.4. The van der Waals surface area contributed by atoms with Gasteiger partial charge in [-0.2, -0.15) is 5.26 Å². The van der Waals surface area contributed by atoms with E-state index in [4.69, 9.17) is 10.4 Å². The summed E-state index contributed by atoms with van der Waals surface area (Å²) >= 11 is 0. The maximum atomic E-state index is 11.3. The predicted molar refractivity (Wildman–Crippen MR) is 53.0 cm³/mol. The van der Waals surface area contributed by atoms with E-state index in [2.05, 4.69) is 5.32 Å². The van der Waals surface area contributed by atoms with Crippen molar-refractivity contribution in [1.82, 2.24) is 10.2 Å². The van der Waals surface area contributed by atoms with Gasteiger partial charge in [0.1, 0.15) is 6.04 Å². The maximum absolute atomic E-state index is 11.3. The summed E-state index contributed by atoms with van der Waals surface area (Å²) in [4.78, 5) is 23.2. The van der Waals surface area contributed by atoms with Gasteiger partial charge in [0.15, 0.2) is 0 Å². The molecular weight excluding hydrogens is 198 g/mol. The van der Waals surface area contributed by atoms with Gasteiger partial charge in [-0.3, -0.25) is 14.9 Å². The van der Waals surface area contributed by atoms with E-state index in [1.807, 2.05) is 6.07 Å². The summed E-state index contributed by atoms with van der Waals surface area (Å²) in [6.07, 6.45) is 0.275. The molecule has 15 heavy (non-hydrogen) atoms. The van der Waals surface area contributed by atoms with E-state index < -0.39 is 12.0 Å². The van der Waals surface area contributed by atoms with E-state index >= 15 is 0 Å². The average Bonchev–Trinajstić information content (AvgIpc) is 2.21. The largest absolute Gasteiger partial charge is 0.480 e. The predicted octanol–water partition coefficient (Wildman–Crippen LogP) is -0.579. The smallest absolute Gasteiger partial charge is 0.320 e. The number of carbonyl (C=O) groups excluding carboxylic acids is 1. The summed E-state index contributed by atoms with van der Waals surface area (Å²) < 4.78 is 0. The van der Waals surface area contributed by atoms with Gasteiger partial charge >= 0.3 is 5.97 Å². The van der Waals surface area contributed by atoms with Gasteiger partial charge in [-0.15, -0.1) is 0 Å². The van der Waals surface area contributed by atoms with E-state index in [-0.39, 0.29) is 18.9 Å². The SMILES string of the molecule is CC(NCC(=O)N(C)CCC#N)C(=O)O. The van der Waals surface area contributed by atoms with Gasteiger partial charge < -0.3 is 10.0 Å². The normalized spacial score (nSPS) is 11.5. The molecule has 0 aromatic carbocycles. The Hall–Kier alpha value is -1.61. The third-order valence-corrected chi connectivity index (χ3v) is 1.91. The monoisotopic (exact) mass is 213 g/mol. The fraction of sp³-hybridized carbons (Fsp3) is 0.667. The Morgan fingerprint density at radius 1 is 1.60 bits per heavy atom. The number of nitrogens with one attached hydrogen (secondary N) is 1. The summed E-state index contributed by atoms with van der Waals surface area (Å²) in [5.41, 5.74) is 0. The molecule has 0 bridgehead atoms. The molecule has 0 saturated heterocycles. The summed E-state index contributed by atoms with van der Waals surface area (Å²) in [7, 11) is 1.58. The Bertz CT molecular complexity index is 272. The highest BCUT2D eigenvalue weighted by Gasteiger charge is 2.13. The van der Waals surface area contributed by atoms with Crippen molar-refractivity contribution in [3.05, 3.63) is 0 Å². The van der Waals surface area contributed by atoms with Gasteiger partial charge in [0.25, 0.3) is 0 Å². The lowest BCUT2D eigenvalue weighted by Gasteiger charge is -2.16. The second-order valence-corrected chi connectivity index (χ2v) is 3.16. The number of rotatable bonds is 6. The van der Waals surface area contributed by atoms with Gasteiger partial charge in [-0.25, -0.2) is 0 Å². The number of carboxylic acids is 1. The molecule has 0 fully saturated rings. The Morgan fingerprint density at radius 2 is 2.20 bits per heavy atom. The molecule has 0 radical (unpaired) electrons.